The summed E-state index contributed by atoms with van der Waals surface area (Å²) in [7, 11) is -3.52. The molecule has 2 unspecified atom stereocenters. The molecule has 156 valence electrons. The fraction of sp³-hybridized carbons (Fsp3) is 0.381. The molecular weight excluding hydrogens is 403 g/mol. The Kier molecular flexibility index (Phi) is 6.31. The van der Waals surface area contributed by atoms with Gasteiger partial charge < -0.3 is 5.32 Å². The van der Waals surface area contributed by atoms with Crippen LogP contribution in [0.2, 0.25) is 0 Å². The van der Waals surface area contributed by atoms with Gasteiger partial charge in [0.25, 0.3) is 5.91 Å². The number of alkyl halides is 3. The van der Waals surface area contributed by atoms with Gasteiger partial charge in [-0.2, -0.15) is 13.2 Å². The molecule has 0 bridgehead atoms. The normalized spacial score (nSPS) is 20.2. The highest BCUT2D eigenvalue weighted by Crippen LogP contribution is 2.37. The summed E-state index contributed by atoms with van der Waals surface area (Å²) in [6.07, 6.45) is -2.88. The quantitative estimate of drug-likeness (QED) is 0.767. The number of nitrogens with one attached hydrogen (secondary N) is 1. The lowest BCUT2D eigenvalue weighted by molar-refractivity contribution is -0.187. The summed E-state index contributed by atoms with van der Waals surface area (Å²) in [5.74, 6) is -2.34. The highest BCUT2D eigenvalue weighted by Gasteiger charge is 2.46. The average Bonchev–Trinajstić information content (AvgIpc) is 2.68. The predicted molar refractivity (Wildman–Crippen MR) is 103 cm³/mol. The van der Waals surface area contributed by atoms with Gasteiger partial charge in [-0.15, -0.1) is 0 Å². The zero-order valence-corrected chi connectivity index (χ0v) is 16.5. The largest absolute Gasteiger partial charge is 0.393 e. The number of sulfone groups is 1. The Morgan fingerprint density at radius 2 is 1.59 bits per heavy atom. The van der Waals surface area contributed by atoms with E-state index in [1.165, 1.54) is 36.4 Å². The lowest BCUT2D eigenvalue weighted by Crippen LogP contribution is -2.47. The summed E-state index contributed by atoms with van der Waals surface area (Å²) in [4.78, 5) is 12.6. The van der Waals surface area contributed by atoms with Crippen molar-refractivity contribution in [3.05, 3.63) is 65.7 Å². The molecule has 0 radical (unpaired) electrons. The molecule has 2 aromatic rings. The first-order valence-corrected chi connectivity index (χ1v) is 11.1. The molecular formula is C21H22F3NO3S. The Hall–Kier alpha value is -2.35. The van der Waals surface area contributed by atoms with Gasteiger partial charge in [0, 0.05) is 11.6 Å². The summed E-state index contributed by atoms with van der Waals surface area (Å²) in [5.41, 5.74) is 0.702. The minimum atomic E-state index is -4.34. The molecule has 0 spiro atoms. The molecule has 3 rings (SSSR count). The topological polar surface area (TPSA) is 63.2 Å². The maximum absolute atomic E-state index is 13.2. The first-order chi connectivity index (χ1) is 13.7. The summed E-state index contributed by atoms with van der Waals surface area (Å²) in [6.45, 7) is 0. The van der Waals surface area contributed by atoms with Crippen molar-refractivity contribution in [1.82, 2.24) is 5.32 Å². The molecule has 0 heterocycles. The van der Waals surface area contributed by atoms with Crippen molar-refractivity contribution in [2.75, 3.05) is 0 Å². The molecule has 2 atom stereocenters. The van der Waals surface area contributed by atoms with Crippen LogP contribution in [0.5, 0.6) is 0 Å². The number of carbonyl (C=O) groups is 1. The molecule has 8 heteroatoms. The molecule has 0 aliphatic heterocycles. The summed E-state index contributed by atoms with van der Waals surface area (Å²) in [5, 5.41) is 2.51. The van der Waals surface area contributed by atoms with Crippen LogP contribution in [0.3, 0.4) is 0 Å². The summed E-state index contributed by atoms with van der Waals surface area (Å²) < 4.78 is 64.4. The third-order valence-corrected chi connectivity index (χ3v) is 6.88. The van der Waals surface area contributed by atoms with E-state index in [0.29, 0.717) is 24.8 Å². The number of hydrogen-bond acceptors (Lipinski definition) is 3. The Morgan fingerprint density at radius 1 is 0.966 bits per heavy atom. The number of benzene rings is 2. The maximum Gasteiger partial charge on any atom is 0.393 e. The Labute approximate surface area is 168 Å². The highest BCUT2D eigenvalue weighted by molar-refractivity contribution is 7.90. The van der Waals surface area contributed by atoms with Crippen molar-refractivity contribution >= 4 is 15.7 Å². The standard InChI is InChI=1S/C21H22F3NO3S/c22-21(23,24)18-8-4-5-9-19(18)25-20(26)16-12-10-15(11-13-16)14-29(27,28)17-6-2-1-3-7-17/h1-3,6-7,10-13,18-19H,4-5,8-9,14H2,(H,25,26). The Bertz CT molecular complexity index is 941. The fourth-order valence-corrected chi connectivity index (χ4v) is 5.00. The van der Waals surface area contributed by atoms with E-state index in [2.05, 4.69) is 5.32 Å². The minimum absolute atomic E-state index is 0.0186. The molecule has 1 aliphatic carbocycles. The van der Waals surface area contributed by atoms with E-state index in [0.717, 1.165) is 0 Å². The molecule has 29 heavy (non-hydrogen) atoms. The van der Waals surface area contributed by atoms with Crippen LogP contribution in [0.4, 0.5) is 13.2 Å². The monoisotopic (exact) mass is 425 g/mol. The Balaban J connectivity index is 1.67. The van der Waals surface area contributed by atoms with Crippen LogP contribution < -0.4 is 5.32 Å². The average molecular weight is 425 g/mol. The molecule has 0 aromatic heterocycles. The summed E-state index contributed by atoms with van der Waals surface area (Å²) >= 11 is 0. The fourth-order valence-electron chi connectivity index (χ4n) is 3.63. The highest BCUT2D eigenvalue weighted by atomic mass is 32.2. The second-order valence-electron chi connectivity index (χ2n) is 7.28. The minimum Gasteiger partial charge on any atom is -0.349 e. The first-order valence-electron chi connectivity index (χ1n) is 9.41. The number of hydrogen-bond donors (Lipinski definition) is 1. The van der Waals surface area contributed by atoms with Gasteiger partial charge in [-0.1, -0.05) is 43.2 Å². The molecule has 1 fully saturated rings. The van der Waals surface area contributed by atoms with Crippen LogP contribution in [0.15, 0.2) is 59.5 Å². The summed E-state index contributed by atoms with van der Waals surface area (Å²) in [6, 6.07) is 13.0. The van der Waals surface area contributed by atoms with Crippen LogP contribution >= 0.6 is 0 Å². The molecule has 2 aromatic carbocycles. The molecule has 1 aliphatic rings. The third-order valence-electron chi connectivity index (χ3n) is 5.18. The van der Waals surface area contributed by atoms with Crippen molar-refractivity contribution in [1.29, 1.82) is 0 Å². The van der Waals surface area contributed by atoms with Gasteiger partial charge in [-0.3, -0.25) is 4.79 Å². The van der Waals surface area contributed by atoms with Gasteiger partial charge in [-0.05, 0) is 42.7 Å². The van der Waals surface area contributed by atoms with Gasteiger partial charge in [0.15, 0.2) is 9.84 Å². The van der Waals surface area contributed by atoms with Crippen LogP contribution in [-0.2, 0) is 15.6 Å². The van der Waals surface area contributed by atoms with Gasteiger partial charge >= 0.3 is 6.18 Å². The van der Waals surface area contributed by atoms with E-state index < -0.39 is 33.9 Å². The lowest BCUT2D eigenvalue weighted by Gasteiger charge is -2.33. The van der Waals surface area contributed by atoms with E-state index >= 15 is 0 Å². The second kappa shape index (κ2) is 8.57. The number of carbonyl (C=O) groups excluding carboxylic acids is 1. The zero-order valence-electron chi connectivity index (χ0n) is 15.7. The van der Waals surface area contributed by atoms with E-state index in [-0.39, 0.29) is 22.6 Å². The van der Waals surface area contributed by atoms with Crippen LogP contribution in [0.25, 0.3) is 0 Å². The van der Waals surface area contributed by atoms with Gasteiger partial charge in [0.1, 0.15) is 0 Å². The SMILES string of the molecule is O=C(NC1CCCCC1C(F)(F)F)c1ccc(CS(=O)(=O)c2ccccc2)cc1. The Morgan fingerprint density at radius 3 is 2.21 bits per heavy atom. The van der Waals surface area contributed by atoms with Crippen molar-refractivity contribution < 1.29 is 26.4 Å². The van der Waals surface area contributed by atoms with Crippen LogP contribution in [0, 0.1) is 5.92 Å². The van der Waals surface area contributed by atoms with E-state index in [4.69, 9.17) is 0 Å². The smallest absolute Gasteiger partial charge is 0.349 e. The van der Waals surface area contributed by atoms with Crippen molar-refractivity contribution in [3.8, 4) is 0 Å². The third kappa shape index (κ3) is 5.38. The molecule has 4 nitrogen and oxygen atoms in total. The maximum atomic E-state index is 13.2. The zero-order chi connectivity index (χ0) is 21.1. The van der Waals surface area contributed by atoms with Crippen molar-refractivity contribution in [2.24, 2.45) is 5.92 Å². The van der Waals surface area contributed by atoms with Gasteiger partial charge in [-0.25, -0.2) is 8.42 Å². The molecule has 1 amide bonds. The van der Waals surface area contributed by atoms with Crippen LogP contribution in [0.1, 0.15) is 41.6 Å². The number of amides is 1. The van der Waals surface area contributed by atoms with Crippen LogP contribution in [-0.4, -0.2) is 26.5 Å². The second-order valence-corrected chi connectivity index (χ2v) is 9.27. The van der Waals surface area contributed by atoms with Gasteiger partial charge in [0.2, 0.25) is 0 Å². The number of rotatable bonds is 5. The van der Waals surface area contributed by atoms with E-state index in [1.54, 1.807) is 18.2 Å². The van der Waals surface area contributed by atoms with Gasteiger partial charge in [0.05, 0.1) is 16.6 Å². The molecule has 1 saturated carbocycles. The predicted octanol–water partition coefficient (Wildman–Crippen LogP) is 4.51. The van der Waals surface area contributed by atoms with E-state index in [9.17, 15) is 26.4 Å². The molecule has 1 N–H and O–H groups in total. The number of halogens is 3. The van der Waals surface area contributed by atoms with Crippen molar-refractivity contribution in [3.63, 3.8) is 0 Å². The first kappa shape index (κ1) is 21.4. The molecule has 0 saturated heterocycles. The van der Waals surface area contributed by atoms with Crippen molar-refractivity contribution in [2.45, 2.75) is 48.5 Å². The van der Waals surface area contributed by atoms with E-state index in [1.807, 2.05) is 0 Å². The lowest BCUT2D eigenvalue weighted by atomic mass is 9.84.